The SMILES string of the molecule is C=C(C)S/C(=N\N)N1C(=O)C(O)=C(C(=O)c2ccc(C)cc2)C1c1ccc(C(C)C)cc1. The maximum absolute atomic E-state index is 13.5. The summed E-state index contributed by atoms with van der Waals surface area (Å²) in [6.45, 7) is 11.7. The maximum Gasteiger partial charge on any atom is 0.296 e. The number of aryl methyl sites for hydroxylation is 1. The van der Waals surface area contributed by atoms with Crippen LogP contribution < -0.4 is 5.84 Å². The van der Waals surface area contributed by atoms with Crippen molar-refractivity contribution >= 4 is 28.6 Å². The zero-order chi connectivity index (χ0) is 23.6. The predicted octanol–water partition coefficient (Wildman–Crippen LogP) is 5.19. The number of allylic oxidation sites excluding steroid dienone is 1. The van der Waals surface area contributed by atoms with Crippen LogP contribution in [0.4, 0.5) is 0 Å². The normalized spacial score (nSPS) is 16.8. The van der Waals surface area contributed by atoms with Crippen LogP contribution in [0, 0.1) is 6.92 Å². The van der Waals surface area contributed by atoms with Gasteiger partial charge in [-0.2, -0.15) is 5.10 Å². The number of hydrazone groups is 1. The molecule has 6 nitrogen and oxygen atoms in total. The van der Waals surface area contributed by atoms with Gasteiger partial charge in [0.05, 0.1) is 11.6 Å². The van der Waals surface area contributed by atoms with E-state index in [0.29, 0.717) is 21.9 Å². The lowest BCUT2D eigenvalue weighted by Crippen LogP contribution is -2.36. The third-order valence-electron chi connectivity index (χ3n) is 5.27. The smallest absolute Gasteiger partial charge is 0.296 e. The summed E-state index contributed by atoms with van der Waals surface area (Å²) in [6, 6.07) is 13.8. The first-order chi connectivity index (χ1) is 15.1. The van der Waals surface area contributed by atoms with Gasteiger partial charge in [-0.3, -0.25) is 14.5 Å². The number of thioether (sulfide) groups is 1. The largest absolute Gasteiger partial charge is 0.503 e. The lowest BCUT2D eigenvalue weighted by Gasteiger charge is -2.27. The molecular weight excluding hydrogens is 422 g/mol. The minimum absolute atomic E-state index is 0.000356. The van der Waals surface area contributed by atoms with Crippen molar-refractivity contribution in [3.05, 3.63) is 93.6 Å². The van der Waals surface area contributed by atoms with Gasteiger partial charge in [0.1, 0.15) is 0 Å². The summed E-state index contributed by atoms with van der Waals surface area (Å²) in [4.78, 5) is 28.5. The van der Waals surface area contributed by atoms with Crippen LogP contribution in [0.5, 0.6) is 0 Å². The zero-order valence-electron chi connectivity index (χ0n) is 18.6. The van der Waals surface area contributed by atoms with Crippen LogP contribution in [0.15, 0.2) is 76.4 Å². The Morgan fingerprint density at radius 2 is 1.75 bits per heavy atom. The van der Waals surface area contributed by atoms with Crippen molar-refractivity contribution in [3.63, 3.8) is 0 Å². The van der Waals surface area contributed by atoms with E-state index in [2.05, 4.69) is 25.5 Å². The molecule has 2 aromatic rings. The Labute approximate surface area is 192 Å². The number of rotatable bonds is 5. The van der Waals surface area contributed by atoms with E-state index in [-0.39, 0.29) is 10.7 Å². The Bertz CT molecular complexity index is 1120. The van der Waals surface area contributed by atoms with Crippen molar-refractivity contribution in [2.24, 2.45) is 10.9 Å². The van der Waals surface area contributed by atoms with Gasteiger partial charge in [-0.15, -0.1) is 0 Å². The number of benzene rings is 2. The van der Waals surface area contributed by atoms with Crippen LogP contribution in [-0.4, -0.2) is 26.9 Å². The number of carbonyl (C=O) groups is 2. The molecule has 0 radical (unpaired) electrons. The number of ketones is 1. The maximum atomic E-state index is 13.5. The van der Waals surface area contributed by atoms with E-state index < -0.39 is 23.5 Å². The Morgan fingerprint density at radius 1 is 1.16 bits per heavy atom. The van der Waals surface area contributed by atoms with E-state index in [4.69, 9.17) is 5.84 Å². The van der Waals surface area contributed by atoms with Crippen molar-refractivity contribution in [2.75, 3.05) is 0 Å². The molecule has 166 valence electrons. The van der Waals surface area contributed by atoms with Crippen molar-refractivity contribution in [2.45, 2.75) is 39.7 Å². The van der Waals surface area contributed by atoms with Crippen molar-refractivity contribution < 1.29 is 14.7 Å². The molecular formula is C25H27N3O3S. The van der Waals surface area contributed by atoms with E-state index in [1.54, 1.807) is 19.1 Å². The molecule has 0 aromatic heterocycles. The molecule has 3 N–H and O–H groups in total. The number of nitrogens with zero attached hydrogens (tertiary/aromatic N) is 2. The standard InChI is InChI=1S/C25H27N3O3S/c1-14(2)17-10-12-18(13-11-17)21-20(22(29)19-8-6-16(5)7-9-19)23(30)24(31)28(21)25(27-26)32-15(3)4/h6-14,21,30H,3,26H2,1-2,4-5H3/b27-25-. The quantitative estimate of drug-likeness (QED) is 0.215. The highest BCUT2D eigenvalue weighted by Crippen LogP contribution is 2.41. The average Bonchev–Trinajstić information content (AvgIpc) is 3.02. The third kappa shape index (κ3) is 4.48. The first-order valence-electron chi connectivity index (χ1n) is 10.2. The minimum atomic E-state index is -0.869. The van der Waals surface area contributed by atoms with Crippen LogP contribution >= 0.6 is 11.8 Å². The van der Waals surface area contributed by atoms with E-state index in [9.17, 15) is 14.7 Å². The second-order valence-electron chi connectivity index (χ2n) is 8.07. The second kappa shape index (κ2) is 9.44. The Hall–Kier alpha value is -3.32. The fourth-order valence-corrected chi connectivity index (χ4v) is 4.22. The van der Waals surface area contributed by atoms with Crippen molar-refractivity contribution in [3.8, 4) is 0 Å². The number of hydrogen-bond donors (Lipinski definition) is 2. The number of amides is 1. The number of nitrogens with two attached hydrogens (primary N) is 1. The highest BCUT2D eigenvalue weighted by Gasteiger charge is 2.46. The van der Waals surface area contributed by atoms with Crippen LogP contribution in [0.25, 0.3) is 0 Å². The molecule has 1 atom stereocenters. The summed E-state index contributed by atoms with van der Waals surface area (Å²) in [5.74, 6) is 4.18. The molecule has 0 bridgehead atoms. The molecule has 3 rings (SSSR count). The third-order valence-corrected chi connectivity index (χ3v) is 6.10. The highest BCUT2D eigenvalue weighted by atomic mass is 32.2. The van der Waals surface area contributed by atoms with Gasteiger partial charge < -0.3 is 10.9 Å². The van der Waals surface area contributed by atoms with Crippen LogP contribution in [0.3, 0.4) is 0 Å². The molecule has 0 fully saturated rings. The van der Waals surface area contributed by atoms with Gasteiger partial charge in [0.25, 0.3) is 5.91 Å². The summed E-state index contributed by atoms with van der Waals surface area (Å²) in [6.07, 6.45) is 0. The molecule has 1 amide bonds. The van der Waals surface area contributed by atoms with Gasteiger partial charge in [-0.1, -0.05) is 86.3 Å². The van der Waals surface area contributed by atoms with Crippen LogP contribution in [-0.2, 0) is 4.79 Å². The first kappa shape index (κ1) is 23.3. The van der Waals surface area contributed by atoms with Gasteiger partial charge in [-0.05, 0) is 35.8 Å². The summed E-state index contributed by atoms with van der Waals surface area (Å²) in [5.41, 5.74) is 3.17. The zero-order valence-corrected chi connectivity index (χ0v) is 19.4. The predicted molar refractivity (Wildman–Crippen MR) is 129 cm³/mol. The molecule has 1 aliphatic heterocycles. The van der Waals surface area contributed by atoms with E-state index in [0.717, 1.165) is 22.9 Å². The Morgan fingerprint density at radius 3 is 2.25 bits per heavy atom. The molecule has 1 heterocycles. The molecule has 0 spiro atoms. The minimum Gasteiger partial charge on any atom is -0.503 e. The molecule has 2 aromatic carbocycles. The fraction of sp³-hybridized carbons (Fsp3) is 0.240. The Kier molecular flexibility index (Phi) is 6.89. The molecule has 0 saturated carbocycles. The lowest BCUT2D eigenvalue weighted by molar-refractivity contribution is -0.125. The van der Waals surface area contributed by atoms with E-state index in [1.807, 2.05) is 43.3 Å². The number of Topliss-reactive ketones (excluding diaryl/α,β-unsaturated/α-hetero) is 1. The summed E-state index contributed by atoms with van der Waals surface area (Å²) in [5, 5.41) is 14.7. The number of hydrogen-bond acceptors (Lipinski definition) is 6. The summed E-state index contributed by atoms with van der Waals surface area (Å²) < 4.78 is 0. The topological polar surface area (TPSA) is 96.0 Å². The van der Waals surface area contributed by atoms with Crippen LogP contribution in [0.1, 0.15) is 59.8 Å². The van der Waals surface area contributed by atoms with Gasteiger partial charge in [0.2, 0.25) is 0 Å². The van der Waals surface area contributed by atoms with Crippen molar-refractivity contribution in [1.29, 1.82) is 0 Å². The first-order valence-corrected chi connectivity index (χ1v) is 11.1. The molecule has 0 aliphatic carbocycles. The van der Waals surface area contributed by atoms with Gasteiger partial charge >= 0.3 is 0 Å². The molecule has 1 aliphatic rings. The van der Waals surface area contributed by atoms with Gasteiger partial charge in [-0.25, -0.2) is 0 Å². The highest BCUT2D eigenvalue weighted by molar-refractivity contribution is 8.17. The fourth-order valence-electron chi connectivity index (χ4n) is 3.57. The number of carbonyl (C=O) groups excluding carboxylic acids is 2. The molecule has 7 heteroatoms. The van der Waals surface area contributed by atoms with Gasteiger partial charge in [0.15, 0.2) is 16.7 Å². The van der Waals surface area contributed by atoms with Gasteiger partial charge in [0, 0.05) is 5.56 Å². The molecule has 0 saturated heterocycles. The molecule has 32 heavy (non-hydrogen) atoms. The Balaban J connectivity index is 2.16. The van der Waals surface area contributed by atoms with Crippen molar-refractivity contribution in [1.82, 2.24) is 4.90 Å². The monoisotopic (exact) mass is 449 g/mol. The molecule has 1 unspecified atom stereocenters. The second-order valence-corrected chi connectivity index (χ2v) is 9.34. The van der Waals surface area contributed by atoms with E-state index in [1.165, 1.54) is 4.90 Å². The number of amidine groups is 1. The summed E-state index contributed by atoms with van der Waals surface area (Å²) in [7, 11) is 0. The van der Waals surface area contributed by atoms with E-state index >= 15 is 0 Å². The lowest BCUT2D eigenvalue weighted by atomic mass is 9.91. The van der Waals surface area contributed by atoms with Crippen LogP contribution in [0.2, 0.25) is 0 Å². The number of aliphatic hydroxyl groups excluding tert-OH is 1. The average molecular weight is 450 g/mol. The number of aliphatic hydroxyl groups is 1. The summed E-state index contributed by atoms with van der Waals surface area (Å²) >= 11 is 1.11.